The van der Waals surface area contributed by atoms with Gasteiger partial charge in [-0.3, -0.25) is 15.1 Å². The maximum absolute atomic E-state index is 11.9. The number of rotatable bonds is 5. The molecule has 3 rings (SSSR count). The van der Waals surface area contributed by atoms with Crippen molar-refractivity contribution in [2.45, 2.75) is 38.5 Å². The molecule has 2 heterocycles. The second-order valence-electron chi connectivity index (χ2n) is 5.55. The maximum atomic E-state index is 11.9. The quantitative estimate of drug-likeness (QED) is 0.910. The zero-order valence-electron chi connectivity index (χ0n) is 11.9. The van der Waals surface area contributed by atoms with Crippen molar-refractivity contribution in [2.75, 3.05) is 5.32 Å². The normalized spacial score (nSPS) is 15.2. The number of anilines is 1. The predicted octanol–water partition coefficient (Wildman–Crippen LogP) is 3.65. The SMILES string of the molecule is O=C(CCC1CCCC1)Nc1cc(-c2ccncc2)no1. The van der Waals surface area contributed by atoms with Crippen LogP contribution in [-0.4, -0.2) is 16.0 Å². The van der Waals surface area contributed by atoms with Gasteiger partial charge in [0.15, 0.2) is 0 Å². The molecule has 0 atom stereocenters. The molecule has 0 unspecified atom stereocenters. The van der Waals surface area contributed by atoms with Gasteiger partial charge in [0.25, 0.3) is 0 Å². The summed E-state index contributed by atoms with van der Waals surface area (Å²) in [7, 11) is 0. The lowest BCUT2D eigenvalue weighted by Gasteiger charge is -2.07. The van der Waals surface area contributed by atoms with Crippen molar-refractivity contribution in [3.63, 3.8) is 0 Å². The Balaban J connectivity index is 1.53. The molecule has 2 aromatic rings. The minimum atomic E-state index is -0.000622. The lowest BCUT2D eigenvalue weighted by atomic mass is 10.0. The highest BCUT2D eigenvalue weighted by Crippen LogP contribution is 2.28. The van der Waals surface area contributed by atoms with Crippen LogP contribution in [-0.2, 0) is 4.79 Å². The van der Waals surface area contributed by atoms with E-state index < -0.39 is 0 Å². The lowest BCUT2D eigenvalue weighted by molar-refractivity contribution is -0.116. The van der Waals surface area contributed by atoms with Gasteiger partial charge in [0.2, 0.25) is 11.8 Å². The second-order valence-corrected chi connectivity index (χ2v) is 5.55. The molecule has 5 nitrogen and oxygen atoms in total. The Bertz CT molecular complexity index is 589. The van der Waals surface area contributed by atoms with Crippen LogP contribution in [0.2, 0.25) is 0 Å². The van der Waals surface area contributed by atoms with E-state index in [1.807, 2.05) is 12.1 Å². The molecule has 110 valence electrons. The molecule has 0 radical (unpaired) electrons. The minimum Gasteiger partial charge on any atom is -0.338 e. The Hall–Kier alpha value is -2.17. The van der Waals surface area contributed by atoms with Gasteiger partial charge in [0, 0.05) is 30.4 Å². The fourth-order valence-electron chi connectivity index (χ4n) is 2.83. The summed E-state index contributed by atoms with van der Waals surface area (Å²) in [6.07, 6.45) is 10.1. The molecular formula is C16H19N3O2. The highest BCUT2D eigenvalue weighted by atomic mass is 16.5. The van der Waals surface area contributed by atoms with Gasteiger partial charge in [-0.05, 0) is 24.5 Å². The fourth-order valence-corrected chi connectivity index (χ4v) is 2.83. The van der Waals surface area contributed by atoms with Crippen LogP contribution in [0.5, 0.6) is 0 Å². The number of aromatic nitrogens is 2. The van der Waals surface area contributed by atoms with Crippen molar-refractivity contribution in [3.8, 4) is 11.3 Å². The molecular weight excluding hydrogens is 266 g/mol. The molecule has 0 aliphatic heterocycles. The van der Waals surface area contributed by atoms with Gasteiger partial charge in [0.05, 0.1) is 0 Å². The van der Waals surface area contributed by atoms with Crippen LogP contribution in [0.15, 0.2) is 35.1 Å². The van der Waals surface area contributed by atoms with E-state index in [1.54, 1.807) is 18.5 Å². The Morgan fingerprint density at radius 1 is 1.29 bits per heavy atom. The topological polar surface area (TPSA) is 68.0 Å². The molecule has 0 bridgehead atoms. The van der Waals surface area contributed by atoms with Crippen molar-refractivity contribution < 1.29 is 9.32 Å². The van der Waals surface area contributed by atoms with Crippen molar-refractivity contribution in [3.05, 3.63) is 30.6 Å². The zero-order chi connectivity index (χ0) is 14.5. The van der Waals surface area contributed by atoms with Gasteiger partial charge < -0.3 is 4.52 Å². The third-order valence-electron chi connectivity index (χ3n) is 4.00. The van der Waals surface area contributed by atoms with Crippen molar-refractivity contribution in [1.29, 1.82) is 0 Å². The highest BCUT2D eigenvalue weighted by Gasteiger charge is 2.17. The summed E-state index contributed by atoms with van der Waals surface area (Å²) in [4.78, 5) is 15.9. The summed E-state index contributed by atoms with van der Waals surface area (Å²) in [5.74, 6) is 1.12. The number of hydrogen-bond donors (Lipinski definition) is 1. The Kier molecular flexibility index (Phi) is 4.28. The van der Waals surface area contributed by atoms with Crippen LogP contribution in [0, 0.1) is 5.92 Å². The zero-order valence-corrected chi connectivity index (χ0v) is 11.9. The first-order valence-electron chi connectivity index (χ1n) is 7.48. The van der Waals surface area contributed by atoms with Gasteiger partial charge in [-0.2, -0.15) is 0 Å². The number of amides is 1. The molecule has 1 aliphatic carbocycles. The van der Waals surface area contributed by atoms with E-state index in [0.29, 0.717) is 18.0 Å². The minimum absolute atomic E-state index is 0.000622. The Morgan fingerprint density at radius 3 is 2.81 bits per heavy atom. The monoisotopic (exact) mass is 285 g/mol. The Labute approximate surface area is 123 Å². The molecule has 0 aromatic carbocycles. The molecule has 5 heteroatoms. The molecule has 1 N–H and O–H groups in total. The number of pyridine rings is 1. The van der Waals surface area contributed by atoms with Crippen LogP contribution in [0.4, 0.5) is 5.88 Å². The standard InChI is InChI=1S/C16H19N3O2/c20-15(6-5-12-3-1-2-4-12)18-16-11-14(19-21-16)13-7-9-17-10-8-13/h7-12H,1-6H2,(H,18,20). The van der Waals surface area contributed by atoms with E-state index in [0.717, 1.165) is 17.9 Å². The summed E-state index contributed by atoms with van der Waals surface area (Å²) in [5, 5.41) is 6.73. The average molecular weight is 285 g/mol. The maximum Gasteiger partial charge on any atom is 0.231 e. The van der Waals surface area contributed by atoms with E-state index in [9.17, 15) is 4.79 Å². The second kappa shape index (κ2) is 6.52. The summed E-state index contributed by atoms with van der Waals surface area (Å²) in [5.41, 5.74) is 1.61. The van der Waals surface area contributed by atoms with Crippen LogP contribution in [0.3, 0.4) is 0 Å². The summed E-state index contributed by atoms with van der Waals surface area (Å²) in [6, 6.07) is 5.44. The van der Waals surface area contributed by atoms with Gasteiger partial charge >= 0.3 is 0 Å². The third-order valence-corrected chi connectivity index (χ3v) is 4.00. The molecule has 1 aliphatic rings. The van der Waals surface area contributed by atoms with E-state index in [4.69, 9.17) is 4.52 Å². The molecule has 21 heavy (non-hydrogen) atoms. The molecule has 0 spiro atoms. The third kappa shape index (κ3) is 3.68. The molecule has 2 aromatic heterocycles. The number of carbonyl (C=O) groups excluding carboxylic acids is 1. The predicted molar refractivity (Wildman–Crippen MR) is 79.6 cm³/mol. The molecule has 1 saturated carbocycles. The van der Waals surface area contributed by atoms with Crippen molar-refractivity contribution in [1.82, 2.24) is 10.1 Å². The summed E-state index contributed by atoms with van der Waals surface area (Å²) < 4.78 is 5.16. The van der Waals surface area contributed by atoms with Crippen LogP contribution >= 0.6 is 0 Å². The lowest BCUT2D eigenvalue weighted by Crippen LogP contribution is -2.12. The molecule has 0 saturated heterocycles. The van der Waals surface area contributed by atoms with Crippen LogP contribution < -0.4 is 5.32 Å². The van der Waals surface area contributed by atoms with Crippen LogP contribution in [0.25, 0.3) is 11.3 Å². The molecule has 1 fully saturated rings. The smallest absolute Gasteiger partial charge is 0.231 e. The number of carbonyl (C=O) groups is 1. The van der Waals surface area contributed by atoms with Gasteiger partial charge in [-0.1, -0.05) is 30.8 Å². The van der Waals surface area contributed by atoms with E-state index >= 15 is 0 Å². The van der Waals surface area contributed by atoms with Gasteiger partial charge in [-0.25, -0.2) is 0 Å². The summed E-state index contributed by atoms with van der Waals surface area (Å²) in [6.45, 7) is 0. The average Bonchev–Trinajstić information content (AvgIpc) is 3.17. The fraction of sp³-hybridized carbons (Fsp3) is 0.438. The highest BCUT2D eigenvalue weighted by molar-refractivity contribution is 5.89. The van der Waals surface area contributed by atoms with E-state index in [-0.39, 0.29) is 5.91 Å². The first kappa shape index (κ1) is 13.8. The van der Waals surface area contributed by atoms with Gasteiger partial charge in [-0.15, -0.1) is 0 Å². The van der Waals surface area contributed by atoms with Crippen molar-refractivity contribution in [2.24, 2.45) is 5.92 Å². The number of nitrogens with zero attached hydrogens (tertiary/aromatic N) is 2. The largest absolute Gasteiger partial charge is 0.338 e. The Morgan fingerprint density at radius 2 is 2.05 bits per heavy atom. The first-order valence-corrected chi connectivity index (χ1v) is 7.48. The summed E-state index contributed by atoms with van der Waals surface area (Å²) >= 11 is 0. The van der Waals surface area contributed by atoms with Gasteiger partial charge in [0.1, 0.15) is 5.69 Å². The molecule has 1 amide bonds. The first-order chi connectivity index (χ1) is 10.3. The van der Waals surface area contributed by atoms with E-state index in [1.165, 1.54) is 25.7 Å². The van der Waals surface area contributed by atoms with Crippen LogP contribution in [0.1, 0.15) is 38.5 Å². The van der Waals surface area contributed by atoms with Crippen molar-refractivity contribution >= 4 is 11.8 Å². The number of nitrogens with one attached hydrogen (secondary N) is 1. The number of hydrogen-bond acceptors (Lipinski definition) is 4. The van der Waals surface area contributed by atoms with E-state index in [2.05, 4.69) is 15.5 Å².